The van der Waals surface area contributed by atoms with Crippen molar-refractivity contribution in [3.63, 3.8) is 0 Å². The van der Waals surface area contributed by atoms with Crippen molar-refractivity contribution in [2.45, 2.75) is 12.2 Å². The number of halogens is 2. The summed E-state index contributed by atoms with van der Waals surface area (Å²) in [5.74, 6) is -4.09. The summed E-state index contributed by atoms with van der Waals surface area (Å²) >= 11 is 12.4. The Morgan fingerprint density at radius 1 is 1.09 bits per heavy atom. The first-order valence-corrected chi connectivity index (χ1v) is 11.0. The molecule has 2 unspecified atom stereocenters. The van der Waals surface area contributed by atoms with E-state index >= 15 is 0 Å². The molecule has 2 atom stereocenters. The third-order valence-corrected chi connectivity index (χ3v) is 5.58. The lowest BCUT2D eigenvalue weighted by molar-refractivity contribution is -0.141. The fourth-order valence-electron chi connectivity index (χ4n) is 3.68. The number of carbonyl (C=O) groups excluding carboxylic acids is 1. The molecule has 1 aliphatic heterocycles. The highest BCUT2D eigenvalue weighted by atomic mass is 35.5. The van der Waals surface area contributed by atoms with E-state index in [0.717, 1.165) is 5.56 Å². The summed E-state index contributed by atoms with van der Waals surface area (Å²) in [5, 5.41) is 10.5. The monoisotopic (exact) mass is 503 g/mol. The first kappa shape index (κ1) is 25.6. The Kier molecular flexibility index (Phi) is 9.01. The molecule has 9 heteroatoms. The zero-order valence-electron chi connectivity index (χ0n) is 18.5. The van der Waals surface area contributed by atoms with Gasteiger partial charge in [-0.15, -0.1) is 0 Å². The molecule has 1 N–H and O–H groups in total. The fraction of sp³-hybridized carbons (Fsp3) is 0.240. The summed E-state index contributed by atoms with van der Waals surface area (Å²) in [7, 11) is 2.77. The number of hydrogen-bond acceptors (Lipinski definition) is 6. The van der Waals surface area contributed by atoms with Gasteiger partial charge in [0.2, 0.25) is 6.29 Å². The molecule has 2 aromatic rings. The van der Waals surface area contributed by atoms with Crippen molar-refractivity contribution in [3.05, 3.63) is 87.0 Å². The molecule has 0 fully saturated rings. The van der Waals surface area contributed by atoms with Gasteiger partial charge in [0.15, 0.2) is 0 Å². The van der Waals surface area contributed by atoms with Crippen LogP contribution in [0.25, 0.3) is 6.08 Å². The number of ether oxygens (including phenoxy) is 3. The number of benzene rings is 2. The summed E-state index contributed by atoms with van der Waals surface area (Å²) in [5.41, 5.74) is 1.47. The van der Waals surface area contributed by atoms with E-state index in [2.05, 4.69) is 4.99 Å². The molecule has 1 aliphatic rings. The van der Waals surface area contributed by atoms with Crippen molar-refractivity contribution in [1.82, 2.24) is 0 Å². The van der Waals surface area contributed by atoms with E-state index in [4.69, 9.17) is 37.4 Å². The number of esters is 1. The summed E-state index contributed by atoms with van der Waals surface area (Å²) in [6.07, 6.45) is 3.71. The van der Waals surface area contributed by atoms with Gasteiger partial charge in [-0.3, -0.25) is 9.79 Å². The highest BCUT2D eigenvalue weighted by Gasteiger charge is 2.41. The van der Waals surface area contributed by atoms with Gasteiger partial charge in [-0.05, 0) is 35.4 Å². The minimum atomic E-state index is -1.18. The van der Waals surface area contributed by atoms with E-state index in [9.17, 15) is 14.7 Å². The van der Waals surface area contributed by atoms with Gasteiger partial charge in [-0.2, -0.15) is 0 Å². The molecular weight excluding hydrogens is 481 g/mol. The zero-order chi connectivity index (χ0) is 24.7. The van der Waals surface area contributed by atoms with E-state index in [-0.39, 0.29) is 17.9 Å². The molecule has 0 amide bonds. The molecule has 1 heterocycles. The van der Waals surface area contributed by atoms with Gasteiger partial charge in [0.05, 0.1) is 5.57 Å². The Bertz CT molecular complexity index is 1110. The van der Waals surface area contributed by atoms with Crippen LogP contribution in [0.3, 0.4) is 0 Å². The second-order valence-corrected chi connectivity index (χ2v) is 8.21. The second-order valence-electron chi connectivity index (χ2n) is 7.34. The Labute approximate surface area is 207 Å². The van der Waals surface area contributed by atoms with Crippen LogP contribution in [-0.2, 0) is 23.8 Å². The van der Waals surface area contributed by atoms with Gasteiger partial charge < -0.3 is 19.3 Å². The summed E-state index contributed by atoms with van der Waals surface area (Å²) in [4.78, 5) is 29.6. The lowest BCUT2D eigenvalue weighted by Gasteiger charge is -2.30. The van der Waals surface area contributed by atoms with Gasteiger partial charge in [-0.1, -0.05) is 59.6 Å². The van der Waals surface area contributed by atoms with Crippen LogP contribution >= 0.6 is 23.2 Å². The average Bonchev–Trinajstić information content (AvgIpc) is 2.82. The predicted molar refractivity (Wildman–Crippen MR) is 130 cm³/mol. The number of methoxy groups -OCH3 is 2. The van der Waals surface area contributed by atoms with E-state index in [1.807, 2.05) is 36.4 Å². The minimum Gasteiger partial charge on any atom is -0.481 e. The summed E-state index contributed by atoms with van der Waals surface area (Å²) < 4.78 is 16.1. The van der Waals surface area contributed by atoms with Crippen LogP contribution < -0.4 is 0 Å². The molecule has 0 aliphatic carbocycles. The topological polar surface area (TPSA) is 94.4 Å². The van der Waals surface area contributed by atoms with Crippen LogP contribution in [0.1, 0.15) is 17.0 Å². The predicted octanol–water partition coefficient (Wildman–Crippen LogP) is 4.99. The van der Waals surface area contributed by atoms with E-state index in [1.165, 1.54) is 26.5 Å². The third kappa shape index (κ3) is 6.12. The van der Waals surface area contributed by atoms with Crippen LogP contribution in [-0.4, -0.2) is 50.4 Å². The molecule has 0 aromatic heterocycles. The van der Waals surface area contributed by atoms with E-state index in [1.54, 1.807) is 18.2 Å². The molecule has 7 nitrogen and oxygen atoms in total. The zero-order valence-corrected chi connectivity index (χ0v) is 20.0. The molecule has 34 heavy (non-hydrogen) atoms. The van der Waals surface area contributed by atoms with Crippen LogP contribution in [0.2, 0.25) is 10.0 Å². The first-order valence-electron chi connectivity index (χ1n) is 10.3. The average molecular weight is 504 g/mol. The molecule has 0 bridgehead atoms. The molecule has 0 spiro atoms. The standard InChI is InChI=1S/C25H23Cl2NO6/c1-32-25(33-2)22-21(24(31)34-10-6-9-15-7-4-3-5-8-15)20(19(14-28-22)23(29)30)16-11-17(26)13-18(27)12-16/h3-9,11-14,19-20,25H,10H2,1-2H3,(H,29,30)/b9-6+. The smallest absolute Gasteiger partial charge is 0.337 e. The first-order chi connectivity index (χ1) is 16.3. The molecule has 0 saturated carbocycles. The minimum absolute atomic E-state index is 0.00459. The maximum absolute atomic E-state index is 13.3. The van der Waals surface area contributed by atoms with Gasteiger partial charge in [0.25, 0.3) is 0 Å². The van der Waals surface area contributed by atoms with Crippen molar-refractivity contribution < 1.29 is 28.9 Å². The summed E-state index contributed by atoms with van der Waals surface area (Å²) in [6.45, 7) is -0.0421. The van der Waals surface area contributed by atoms with Gasteiger partial charge in [0.1, 0.15) is 18.2 Å². The van der Waals surface area contributed by atoms with Crippen LogP contribution in [0, 0.1) is 5.92 Å². The molecule has 2 aromatic carbocycles. The number of aliphatic carboxylic acids is 1. The number of hydrogen-bond donors (Lipinski definition) is 1. The van der Waals surface area contributed by atoms with Crippen LogP contribution in [0.5, 0.6) is 0 Å². The van der Waals surface area contributed by atoms with Gasteiger partial charge in [-0.25, -0.2) is 4.79 Å². The lowest BCUT2D eigenvalue weighted by Crippen LogP contribution is -2.34. The lowest BCUT2D eigenvalue weighted by atomic mass is 9.78. The van der Waals surface area contributed by atoms with Gasteiger partial charge in [0, 0.05) is 36.4 Å². The molecule has 0 saturated heterocycles. The van der Waals surface area contributed by atoms with Crippen molar-refractivity contribution in [3.8, 4) is 0 Å². The van der Waals surface area contributed by atoms with E-state index < -0.39 is 30.1 Å². The van der Waals surface area contributed by atoms with Gasteiger partial charge >= 0.3 is 11.9 Å². The number of carboxylic acid groups (broad SMARTS) is 1. The highest BCUT2D eigenvalue weighted by molar-refractivity contribution is 6.34. The van der Waals surface area contributed by atoms with Crippen molar-refractivity contribution in [2.24, 2.45) is 10.9 Å². The Morgan fingerprint density at radius 2 is 1.74 bits per heavy atom. The Morgan fingerprint density at radius 3 is 2.32 bits per heavy atom. The second kappa shape index (κ2) is 11.9. The quantitative estimate of drug-likeness (QED) is 0.382. The SMILES string of the molecule is COC(OC)C1=C(C(=O)OC/C=C/c2ccccc2)C(c2cc(Cl)cc(Cl)c2)C(C(=O)O)C=N1. The molecule has 178 valence electrons. The largest absolute Gasteiger partial charge is 0.481 e. The Hall–Kier alpha value is -2.97. The summed E-state index contributed by atoms with van der Waals surface area (Å²) in [6, 6.07) is 14.1. The fourth-order valence-corrected chi connectivity index (χ4v) is 4.22. The van der Waals surface area contributed by atoms with Crippen molar-refractivity contribution in [1.29, 1.82) is 0 Å². The number of carboxylic acids is 1. The number of carbonyl (C=O) groups is 2. The number of rotatable bonds is 9. The maximum Gasteiger partial charge on any atom is 0.337 e. The third-order valence-electron chi connectivity index (χ3n) is 5.14. The molecule has 0 radical (unpaired) electrons. The van der Waals surface area contributed by atoms with Crippen molar-refractivity contribution >= 4 is 47.4 Å². The normalized spacial score (nSPS) is 18.0. The molecule has 3 rings (SSSR count). The number of nitrogens with zero attached hydrogens (tertiary/aromatic N) is 1. The molecular formula is C25H23Cl2NO6. The maximum atomic E-state index is 13.3. The van der Waals surface area contributed by atoms with Crippen LogP contribution in [0.4, 0.5) is 0 Å². The number of aliphatic imine (C=N–C) groups is 1. The van der Waals surface area contributed by atoms with Crippen molar-refractivity contribution in [2.75, 3.05) is 20.8 Å². The Balaban J connectivity index is 2.02. The van der Waals surface area contributed by atoms with E-state index in [0.29, 0.717) is 15.6 Å². The van der Waals surface area contributed by atoms with Crippen LogP contribution in [0.15, 0.2) is 70.9 Å². The highest BCUT2D eigenvalue weighted by Crippen LogP contribution is 2.40.